The molecule has 3 aromatic rings. The molecule has 28 heavy (non-hydrogen) atoms. The van der Waals surface area contributed by atoms with Crippen LogP contribution in [0.25, 0.3) is 11.1 Å². The zero-order chi connectivity index (χ0) is 19.5. The van der Waals surface area contributed by atoms with Gasteiger partial charge in [-0.1, -0.05) is 6.92 Å². The number of anilines is 1. The number of carbonyl (C=O) groups excluding carboxylic acids is 2. The van der Waals surface area contributed by atoms with Gasteiger partial charge in [0.05, 0.1) is 0 Å². The van der Waals surface area contributed by atoms with Crippen LogP contribution in [0.4, 0.5) is 5.69 Å². The van der Waals surface area contributed by atoms with Crippen molar-refractivity contribution >= 4 is 28.5 Å². The van der Waals surface area contributed by atoms with Crippen molar-refractivity contribution in [3.05, 3.63) is 47.9 Å². The molecule has 1 aliphatic heterocycles. The van der Waals surface area contributed by atoms with Gasteiger partial charge in [0.25, 0.3) is 0 Å². The number of oxazole rings is 1. The smallest absolute Gasteiger partial charge is 0.224 e. The summed E-state index contributed by atoms with van der Waals surface area (Å²) in [4.78, 5) is 29.0. The van der Waals surface area contributed by atoms with Gasteiger partial charge in [-0.2, -0.15) is 0 Å². The van der Waals surface area contributed by atoms with Crippen LogP contribution in [-0.4, -0.2) is 29.9 Å². The van der Waals surface area contributed by atoms with Crippen LogP contribution >= 0.6 is 0 Å². The first kappa shape index (κ1) is 18.0. The lowest BCUT2D eigenvalue weighted by Gasteiger charge is -2.18. The molecule has 144 valence electrons. The molecular weight excluding hydrogens is 360 g/mol. The fraction of sp³-hybridized carbons (Fsp3) is 0.286. The molecule has 2 aromatic carbocycles. The second kappa shape index (κ2) is 7.72. The minimum Gasteiger partial charge on any atom is -0.486 e. The number of ether oxygens (including phenoxy) is 2. The van der Waals surface area contributed by atoms with Gasteiger partial charge in [-0.25, -0.2) is 4.98 Å². The number of carbonyl (C=O) groups is 2. The SMILES string of the molecule is CCc1nc2cc(NC(=O)CCC(=O)c3ccc4c(c3)OCCO4)ccc2o1. The van der Waals surface area contributed by atoms with E-state index in [4.69, 9.17) is 13.9 Å². The predicted molar refractivity (Wildman–Crippen MR) is 103 cm³/mol. The Morgan fingerprint density at radius 1 is 1.04 bits per heavy atom. The quantitative estimate of drug-likeness (QED) is 0.655. The summed E-state index contributed by atoms with van der Waals surface area (Å²) < 4.78 is 16.5. The molecule has 1 aromatic heterocycles. The van der Waals surface area contributed by atoms with E-state index < -0.39 is 0 Å². The highest BCUT2D eigenvalue weighted by Gasteiger charge is 2.16. The van der Waals surface area contributed by atoms with E-state index >= 15 is 0 Å². The maximum absolute atomic E-state index is 12.4. The molecule has 2 heterocycles. The third-order valence-electron chi connectivity index (χ3n) is 4.46. The number of rotatable bonds is 6. The molecule has 0 spiro atoms. The number of aromatic nitrogens is 1. The molecule has 0 aliphatic carbocycles. The fourth-order valence-corrected chi connectivity index (χ4v) is 3.02. The number of aryl methyl sites for hydroxylation is 1. The Hall–Kier alpha value is -3.35. The lowest BCUT2D eigenvalue weighted by Crippen LogP contribution is -2.16. The van der Waals surface area contributed by atoms with Gasteiger partial charge in [0.15, 0.2) is 28.8 Å². The number of ketones is 1. The monoisotopic (exact) mass is 380 g/mol. The molecule has 0 atom stereocenters. The van der Waals surface area contributed by atoms with E-state index in [0.717, 1.165) is 0 Å². The molecule has 0 saturated carbocycles. The van der Waals surface area contributed by atoms with Crippen molar-refractivity contribution in [3.63, 3.8) is 0 Å². The highest BCUT2D eigenvalue weighted by atomic mass is 16.6. The zero-order valence-corrected chi connectivity index (χ0v) is 15.5. The minimum atomic E-state index is -0.232. The predicted octanol–water partition coefficient (Wildman–Crippen LogP) is 3.76. The normalized spacial score (nSPS) is 12.8. The summed E-state index contributed by atoms with van der Waals surface area (Å²) in [5.74, 6) is 1.50. The Labute approximate surface area is 161 Å². The van der Waals surface area contributed by atoms with E-state index in [-0.39, 0.29) is 24.5 Å². The van der Waals surface area contributed by atoms with Crippen LogP contribution in [0.2, 0.25) is 0 Å². The van der Waals surface area contributed by atoms with Gasteiger partial charge < -0.3 is 19.2 Å². The number of hydrogen-bond acceptors (Lipinski definition) is 6. The Morgan fingerprint density at radius 2 is 1.86 bits per heavy atom. The molecule has 0 saturated heterocycles. The van der Waals surface area contributed by atoms with Gasteiger partial charge >= 0.3 is 0 Å². The van der Waals surface area contributed by atoms with Crippen molar-refractivity contribution in [1.29, 1.82) is 0 Å². The summed E-state index contributed by atoms with van der Waals surface area (Å²) in [6.45, 7) is 2.93. The standard InChI is InChI=1S/C21H20N2O5/c1-2-21-23-15-12-14(4-7-17(15)28-21)22-20(25)8-5-16(24)13-3-6-18-19(11-13)27-10-9-26-18/h3-4,6-7,11-12H,2,5,8-10H2,1H3,(H,22,25). The molecule has 7 heteroatoms. The van der Waals surface area contributed by atoms with Crippen LogP contribution in [0, 0.1) is 0 Å². The van der Waals surface area contributed by atoms with Gasteiger partial charge in [-0.15, -0.1) is 0 Å². The Bertz CT molecular complexity index is 1040. The third kappa shape index (κ3) is 3.83. The number of hydrogen-bond donors (Lipinski definition) is 1. The minimum absolute atomic E-state index is 0.0876. The van der Waals surface area contributed by atoms with Crippen molar-refractivity contribution in [3.8, 4) is 11.5 Å². The number of amides is 1. The van der Waals surface area contributed by atoms with Gasteiger partial charge in [0.2, 0.25) is 5.91 Å². The van der Waals surface area contributed by atoms with Crippen molar-refractivity contribution in [2.45, 2.75) is 26.2 Å². The zero-order valence-electron chi connectivity index (χ0n) is 15.5. The van der Waals surface area contributed by atoms with E-state index in [1.54, 1.807) is 36.4 Å². The molecule has 0 fully saturated rings. The average molecular weight is 380 g/mol. The van der Waals surface area contributed by atoms with Crippen molar-refractivity contribution < 1.29 is 23.5 Å². The van der Waals surface area contributed by atoms with Crippen LogP contribution in [0.1, 0.15) is 36.0 Å². The highest BCUT2D eigenvalue weighted by molar-refractivity contribution is 6.00. The fourth-order valence-electron chi connectivity index (χ4n) is 3.02. The van der Waals surface area contributed by atoms with Crippen LogP contribution in [0.5, 0.6) is 11.5 Å². The summed E-state index contributed by atoms with van der Waals surface area (Å²) in [7, 11) is 0. The van der Waals surface area contributed by atoms with Crippen molar-refractivity contribution in [2.75, 3.05) is 18.5 Å². The number of fused-ring (bicyclic) bond motifs is 2. The molecule has 0 unspecified atom stereocenters. The number of benzene rings is 2. The summed E-state index contributed by atoms with van der Waals surface area (Å²) >= 11 is 0. The average Bonchev–Trinajstić information content (AvgIpc) is 3.14. The molecule has 7 nitrogen and oxygen atoms in total. The molecular formula is C21H20N2O5. The van der Waals surface area contributed by atoms with E-state index in [9.17, 15) is 9.59 Å². The Morgan fingerprint density at radius 3 is 2.68 bits per heavy atom. The third-order valence-corrected chi connectivity index (χ3v) is 4.46. The molecule has 1 N–H and O–H groups in total. The van der Waals surface area contributed by atoms with Crippen LogP contribution in [0.3, 0.4) is 0 Å². The Balaban J connectivity index is 1.35. The van der Waals surface area contributed by atoms with Crippen LogP contribution in [0.15, 0.2) is 40.8 Å². The first-order valence-corrected chi connectivity index (χ1v) is 9.24. The lowest BCUT2D eigenvalue weighted by molar-refractivity contribution is -0.116. The second-order valence-corrected chi connectivity index (χ2v) is 6.47. The van der Waals surface area contributed by atoms with E-state index in [1.807, 2.05) is 6.92 Å². The van der Waals surface area contributed by atoms with Crippen LogP contribution < -0.4 is 14.8 Å². The summed E-state index contributed by atoms with van der Waals surface area (Å²) in [6.07, 6.45) is 0.903. The maximum atomic E-state index is 12.4. The largest absolute Gasteiger partial charge is 0.486 e. The number of Topliss-reactive ketones (excluding diaryl/α,β-unsaturated/α-hetero) is 1. The van der Waals surface area contributed by atoms with E-state index in [2.05, 4.69) is 10.3 Å². The molecule has 0 radical (unpaired) electrons. The molecule has 0 bridgehead atoms. The number of nitrogens with one attached hydrogen (secondary N) is 1. The molecule has 1 aliphatic rings. The van der Waals surface area contributed by atoms with Crippen molar-refractivity contribution in [2.24, 2.45) is 0 Å². The first-order chi connectivity index (χ1) is 13.6. The molecule has 1 amide bonds. The van der Waals surface area contributed by atoms with Crippen LogP contribution in [-0.2, 0) is 11.2 Å². The first-order valence-electron chi connectivity index (χ1n) is 9.24. The van der Waals surface area contributed by atoms with Gasteiger partial charge in [0.1, 0.15) is 18.7 Å². The second-order valence-electron chi connectivity index (χ2n) is 6.47. The van der Waals surface area contributed by atoms with E-state index in [1.165, 1.54) is 0 Å². The van der Waals surface area contributed by atoms with Gasteiger partial charge in [0, 0.05) is 30.5 Å². The summed E-state index contributed by atoms with van der Waals surface area (Å²) in [5.41, 5.74) is 2.51. The Kier molecular flexibility index (Phi) is 4.97. The highest BCUT2D eigenvalue weighted by Crippen LogP contribution is 2.31. The summed E-state index contributed by atoms with van der Waals surface area (Å²) in [6, 6.07) is 10.4. The summed E-state index contributed by atoms with van der Waals surface area (Å²) in [5, 5.41) is 2.80. The lowest BCUT2D eigenvalue weighted by atomic mass is 10.1. The van der Waals surface area contributed by atoms with Gasteiger partial charge in [-0.05, 0) is 36.4 Å². The van der Waals surface area contributed by atoms with Crippen molar-refractivity contribution in [1.82, 2.24) is 4.98 Å². The number of nitrogens with zero attached hydrogens (tertiary/aromatic N) is 1. The molecule has 4 rings (SSSR count). The van der Waals surface area contributed by atoms with Gasteiger partial charge in [-0.3, -0.25) is 9.59 Å². The van der Waals surface area contributed by atoms with E-state index in [0.29, 0.717) is 59.4 Å². The topological polar surface area (TPSA) is 90.7 Å². The maximum Gasteiger partial charge on any atom is 0.224 e.